The smallest absolute Gasteiger partial charge is 0.323 e. The first kappa shape index (κ1) is 26.0. The van der Waals surface area contributed by atoms with E-state index in [4.69, 9.17) is 0 Å². The summed E-state index contributed by atoms with van der Waals surface area (Å²) < 4.78 is 66.7. The lowest BCUT2D eigenvalue weighted by molar-refractivity contribution is -0.137. The van der Waals surface area contributed by atoms with E-state index < -0.39 is 27.4 Å². The highest BCUT2D eigenvalue weighted by Crippen LogP contribution is 2.37. The van der Waals surface area contributed by atoms with Crippen molar-refractivity contribution in [1.29, 1.82) is 0 Å². The predicted octanol–water partition coefficient (Wildman–Crippen LogP) is 4.08. The van der Waals surface area contributed by atoms with Crippen molar-refractivity contribution in [3.63, 3.8) is 0 Å². The first-order valence-electron chi connectivity index (χ1n) is 11.6. The Morgan fingerprint density at radius 2 is 1.82 bits per heavy atom. The van der Waals surface area contributed by atoms with Crippen LogP contribution in [0, 0.1) is 11.8 Å². The van der Waals surface area contributed by atoms with Gasteiger partial charge in [-0.25, -0.2) is 8.42 Å². The molecule has 1 N–H and O–H groups in total. The van der Waals surface area contributed by atoms with Crippen LogP contribution in [-0.4, -0.2) is 54.9 Å². The number of piperidine rings is 1. The third-order valence-electron chi connectivity index (χ3n) is 6.77. The van der Waals surface area contributed by atoms with Gasteiger partial charge in [-0.3, -0.25) is 10.1 Å². The van der Waals surface area contributed by atoms with E-state index in [2.05, 4.69) is 33.0 Å². The molecule has 1 aromatic rings. The molecule has 0 unspecified atom stereocenters. The molecular formula is C23H34F3N3O3S. The molecule has 6 nitrogen and oxygen atoms in total. The number of amides is 1. The van der Waals surface area contributed by atoms with Crippen molar-refractivity contribution in [2.75, 3.05) is 19.6 Å². The normalized spacial score (nSPS) is 23.0. The predicted molar refractivity (Wildman–Crippen MR) is 120 cm³/mol. The first-order valence-corrected chi connectivity index (χ1v) is 13.0. The van der Waals surface area contributed by atoms with Gasteiger partial charge in [-0.15, -0.1) is 0 Å². The summed E-state index contributed by atoms with van der Waals surface area (Å²) >= 11 is 0. The number of nitrogens with zero attached hydrogens (tertiary/aromatic N) is 2. The lowest BCUT2D eigenvalue weighted by Crippen LogP contribution is -2.60. The van der Waals surface area contributed by atoms with Crippen LogP contribution in [0.3, 0.4) is 0 Å². The van der Waals surface area contributed by atoms with Crippen LogP contribution >= 0.6 is 0 Å². The highest BCUT2D eigenvalue weighted by atomic mass is 32.2. The molecular weight excluding hydrogens is 455 g/mol. The fourth-order valence-corrected chi connectivity index (χ4v) is 6.18. The second-order valence-electron chi connectivity index (χ2n) is 9.75. The topological polar surface area (TPSA) is 69.7 Å². The third-order valence-corrected chi connectivity index (χ3v) is 8.67. The zero-order valence-electron chi connectivity index (χ0n) is 19.7. The number of benzene rings is 1. The van der Waals surface area contributed by atoms with E-state index in [-0.39, 0.29) is 29.9 Å². The molecule has 0 radical (unpaired) electrons. The van der Waals surface area contributed by atoms with Crippen molar-refractivity contribution < 1.29 is 26.4 Å². The van der Waals surface area contributed by atoms with Crippen molar-refractivity contribution >= 4 is 15.9 Å². The summed E-state index contributed by atoms with van der Waals surface area (Å²) in [5.41, 5.74) is -1.61. The number of sulfonamides is 1. The zero-order chi connectivity index (χ0) is 24.6. The fraction of sp³-hybridized carbons (Fsp3) is 0.696. The van der Waals surface area contributed by atoms with Crippen LogP contribution in [0.2, 0.25) is 0 Å². The number of alkyl halides is 3. The fourth-order valence-electron chi connectivity index (χ4n) is 4.69. The molecule has 0 saturated carbocycles. The van der Waals surface area contributed by atoms with Crippen molar-refractivity contribution in [3.05, 3.63) is 29.8 Å². The summed E-state index contributed by atoms with van der Waals surface area (Å²) in [6.07, 6.45) is -2.22. The van der Waals surface area contributed by atoms with E-state index in [0.29, 0.717) is 43.7 Å². The molecule has 2 fully saturated rings. The molecule has 0 bridgehead atoms. The molecule has 33 heavy (non-hydrogen) atoms. The summed E-state index contributed by atoms with van der Waals surface area (Å²) in [5.74, 6) is 0.684. The molecule has 2 heterocycles. The van der Waals surface area contributed by atoms with Gasteiger partial charge in [0.2, 0.25) is 15.9 Å². The number of carbonyl (C=O) groups is 1. The van der Waals surface area contributed by atoms with Gasteiger partial charge in [-0.2, -0.15) is 17.5 Å². The van der Waals surface area contributed by atoms with Gasteiger partial charge in [0, 0.05) is 19.6 Å². The summed E-state index contributed by atoms with van der Waals surface area (Å²) in [6, 6.07) is 3.55. The quantitative estimate of drug-likeness (QED) is 0.627. The average molecular weight is 490 g/mol. The standard InChI is InChI=1S/C23H34F3N3O3S/c1-5-17(4)15-29-21(30)20(13-16(2)3)27-22(29)9-11-28(12-10-22)33(31,32)19-8-6-7-18(14-19)23(24,25)26/h6-8,14,16-17,20,27H,5,9-13,15H2,1-4H3/t17-,20+/m1/s1. The van der Waals surface area contributed by atoms with Gasteiger partial charge >= 0.3 is 6.18 Å². The Kier molecular flexibility index (Phi) is 7.51. The number of carbonyl (C=O) groups excluding carboxylic acids is 1. The molecule has 0 aliphatic carbocycles. The van der Waals surface area contributed by atoms with Gasteiger partial charge in [0.15, 0.2) is 0 Å². The second kappa shape index (κ2) is 9.54. The van der Waals surface area contributed by atoms with Gasteiger partial charge in [-0.05, 0) is 49.3 Å². The Morgan fingerprint density at radius 3 is 2.36 bits per heavy atom. The van der Waals surface area contributed by atoms with Gasteiger partial charge in [0.25, 0.3) is 0 Å². The molecule has 1 spiro atoms. The van der Waals surface area contributed by atoms with Gasteiger partial charge in [0.05, 0.1) is 22.2 Å². The molecule has 1 amide bonds. The molecule has 10 heteroatoms. The minimum absolute atomic E-state index is 0.0539. The molecule has 2 aliphatic rings. The van der Waals surface area contributed by atoms with Crippen LogP contribution in [0.4, 0.5) is 13.2 Å². The number of hydrogen-bond acceptors (Lipinski definition) is 4. The summed E-state index contributed by atoms with van der Waals surface area (Å²) in [7, 11) is -4.08. The minimum atomic E-state index is -4.62. The molecule has 186 valence electrons. The number of hydrogen-bond donors (Lipinski definition) is 1. The van der Waals surface area contributed by atoms with Crippen molar-refractivity contribution in [3.8, 4) is 0 Å². The second-order valence-corrected chi connectivity index (χ2v) is 11.7. The zero-order valence-corrected chi connectivity index (χ0v) is 20.5. The SMILES string of the molecule is CC[C@@H](C)CN1C(=O)[C@H](CC(C)C)NC12CCN(S(=O)(=O)c1cccc(C(F)(F)F)c1)CC2. The van der Waals surface area contributed by atoms with Crippen LogP contribution < -0.4 is 5.32 Å². The molecule has 2 aliphatic heterocycles. The lowest BCUT2D eigenvalue weighted by atomic mass is 9.95. The minimum Gasteiger partial charge on any atom is -0.323 e. The van der Waals surface area contributed by atoms with Crippen molar-refractivity contribution in [1.82, 2.24) is 14.5 Å². The van der Waals surface area contributed by atoms with E-state index >= 15 is 0 Å². The largest absolute Gasteiger partial charge is 0.416 e. The molecule has 2 saturated heterocycles. The maximum Gasteiger partial charge on any atom is 0.416 e. The number of halogens is 3. The van der Waals surface area contributed by atoms with E-state index in [1.54, 1.807) is 0 Å². The molecule has 1 aromatic carbocycles. The average Bonchev–Trinajstić information content (AvgIpc) is 2.98. The Bertz CT molecular complexity index is 957. The van der Waals surface area contributed by atoms with E-state index in [1.165, 1.54) is 10.4 Å². The van der Waals surface area contributed by atoms with Crippen LogP contribution in [0.15, 0.2) is 29.2 Å². The monoisotopic (exact) mass is 489 g/mol. The van der Waals surface area contributed by atoms with E-state index in [1.807, 2.05) is 4.90 Å². The Labute approximate surface area is 194 Å². The Balaban J connectivity index is 1.81. The van der Waals surface area contributed by atoms with Crippen LogP contribution in [0.5, 0.6) is 0 Å². The van der Waals surface area contributed by atoms with Crippen molar-refractivity contribution in [2.24, 2.45) is 11.8 Å². The van der Waals surface area contributed by atoms with Crippen LogP contribution in [-0.2, 0) is 21.0 Å². The highest BCUT2D eigenvalue weighted by Gasteiger charge is 2.52. The summed E-state index contributed by atoms with van der Waals surface area (Å²) in [6.45, 7) is 9.13. The van der Waals surface area contributed by atoms with Crippen LogP contribution in [0.1, 0.15) is 58.9 Å². The first-order chi connectivity index (χ1) is 15.3. The summed E-state index contributed by atoms with van der Waals surface area (Å²) in [4.78, 5) is 14.8. The van der Waals surface area contributed by atoms with Crippen molar-refractivity contribution in [2.45, 2.75) is 76.2 Å². The number of nitrogens with one attached hydrogen (secondary N) is 1. The van der Waals surface area contributed by atoms with Crippen LogP contribution in [0.25, 0.3) is 0 Å². The maximum absolute atomic E-state index is 13.2. The third kappa shape index (κ3) is 5.38. The van der Waals surface area contributed by atoms with E-state index in [9.17, 15) is 26.4 Å². The molecule has 0 aromatic heterocycles. The summed E-state index contributed by atoms with van der Waals surface area (Å²) in [5, 5.41) is 3.51. The van der Waals surface area contributed by atoms with Gasteiger partial charge in [-0.1, -0.05) is 40.2 Å². The lowest BCUT2D eigenvalue weighted by Gasteiger charge is -2.45. The molecule has 3 rings (SSSR count). The maximum atomic E-state index is 13.2. The highest BCUT2D eigenvalue weighted by molar-refractivity contribution is 7.89. The Hall–Kier alpha value is -1.65. The number of rotatable bonds is 7. The molecule has 2 atom stereocenters. The van der Waals surface area contributed by atoms with E-state index in [0.717, 1.165) is 18.6 Å². The Morgan fingerprint density at radius 1 is 1.18 bits per heavy atom. The van der Waals surface area contributed by atoms with Gasteiger partial charge in [0.1, 0.15) is 0 Å². The van der Waals surface area contributed by atoms with Gasteiger partial charge < -0.3 is 4.90 Å².